The molecule has 0 aliphatic rings. The summed E-state index contributed by atoms with van der Waals surface area (Å²) in [4.78, 5) is 11.9. The molecule has 1 aromatic carbocycles. The van der Waals surface area contributed by atoms with Crippen LogP contribution in [0.1, 0.15) is 12.0 Å². The molecule has 0 spiro atoms. The van der Waals surface area contributed by atoms with Crippen LogP contribution in [-0.2, 0) is 6.54 Å². The fraction of sp³-hybridized carbons (Fsp3) is 0.286. The number of phenolic OH excluding ortho intramolecular Hbond substituents is 1. The number of aromatic nitrogens is 2. The Morgan fingerprint density at radius 3 is 2.70 bits per heavy atom. The van der Waals surface area contributed by atoms with E-state index in [2.05, 4.69) is 5.10 Å². The quantitative estimate of drug-likeness (QED) is 0.758. The van der Waals surface area contributed by atoms with Crippen LogP contribution in [-0.4, -0.2) is 28.0 Å². The molecule has 2 rings (SSSR count). The highest BCUT2D eigenvalue weighted by molar-refractivity contribution is 5.26. The molecular weight excluding hydrogens is 258 g/mol. The summed E-state index contributed by atoms with van der Waals surface area (Å²) in [5.74, 6) is 0.642. The first kappa shape index (κ1) is 14.1. The van der Waals surface area contributed by atoms with Gasteiger partial charge in [-0.25, -0.2) is 4.68 Å². The third-order valence-corrected chi connectivity index (χ3v) is 2.73. The molecule has 0 saturated heterocycles. The maximum Gasteiger partial charge on any atom is 0.270 e. The summed E-state index contributed by atoms with van der Waals surface area (Å²) in [6.07, 6.45) is 2.24. The van der Waals surface area contributed by atoms with E-state index in [0.717, 1.165) is 12.0 Å². The number of hydrogen-bond donors (Lipinski definition) is 2. The number of phenols is 1. The standard InChI is InChI=1S/C14H17N3O3/c15-6-1-7-20-13-8-14(19)17(16-9-13)10-11-2-4-12(18)5-3-11/h2-5,8-9,18H,1,6-7,10,15H2. The molecule has 2 aromatic rings. The van der Waals surface area contributed by atoms with E-state index >= 15 is 0 Å². The molecule has 0 radical (unpaired) electrons. The predicted molar refractivity (Wildman–Crippen MR) is 74.9 cm³/mol. The monoisotopic (exact) mass is 275 g/mol. The van der Waals surface area contributed by atoms with Gasteiger partial charge in [0.1, 0.15) is 11.5 Å². The summed E-state index contributed by atoms with van der Waals surface area (Å²) in [5, 5.41) is 13.3. The molecule has 0 bridgehead atoms. The van der Waals surface area contributed by atoms with E-state index in [9.17, 15) is 9.90 Å². The zero-order valence-corrected chi connectivity index (χ0v) is 11.0. The molecule has 1 aromatic heterocycles. The lowest BCUT2D eigenvalue weighted by Crippen LogP contribution is -2.22. The lowest BCUT2D eigenvalue weighted by atomic mass is 10.2. The van der Waals surface area contributed by atoms with Crippen LogP contribution in [0.25, 0.3) is 0 Å². The van der Waals surface area contributed by atoms with Crippen LogP contribution in [0.2, 0.25) is 0 Å². The summed E-state index contributed by atoms with van der Waals surface area (Å²) < 4.78 is 6.69. The van der Waals surface area contributed by atoms with Gasteiger partial charge in [0, 0.05) is 6.07 Å². The lowest BCUT2D eigenvalue weighted by Gasteiger charge is -2.07. The average molecular weight is 275 g/mol. The van der Waals surface area contributed by atoms with Gasteiger partial charge in [-0.05, 0) is 30.7 Å². The van der Waals surface area contributed by atoms with Gasteiger partial charge in [-0.1, -0.05) is 12.1 Å². The molecule has 0 fully saturated rings. The summed E-state index contributed by atoms with van der Waals surface area (Å²) in [6.45, 7) is 1.37. The van der Waals surface area contributed by atoms with E-state index in [1.54, 1.807) is 24.3 Å². The Bertz CT molecular complexity index is 608. The SMILES string of the molecule is NCCCOc1cnn(Cc2ccc(O)cc2)c(=O)c1. The van der Waals surface area contributed by atoms with Crippen molar-refractivity contribution in [3.63, 3.8) is 0 Å². The maximum absolute atomic E-state index is 11.9. The fourth-order valence-electron chi connectivity index (χ4n) is 1.66. The minimum atomic E-state index is -0.233. The van der Waals surface area contributed by atoms with Crippen LogP contribution in [0.3, 0.4) is 0 Å². The van der Waals surface area contributed by atoms with Crippen molar-refractivity contribution < 1.29 is 9.84 Å². The van der Waals surface area contributed by atoms with Gasteiger partial charge in [0.15, 0.2) is 0 Å². The second kappa shape index (κ2) is 6.72. The molecule has 0 unspecified atom stereocenters. The van der Waals surface area contributed by atoms with Crippen LogP contribution in [0, 0.1) is 0 Å². The molecule has 0 atom stereocenters. The number of aromatic hydroxyl groups is 1. The minimum Gasteiger partial charge on any atom is -0.508 e. The first-order chi connectivity index (χ1) is 9.69. The molecule has 0 aliphatic carbocycles. The van der Waals surface area contributed by atoms with E-state index in [0.29, 0.717) is 25.4 Å². The van der Waals surface area contributed by atoms with Crippen LogP contribution in [0.4, 0.5) is 0 Å². The second-order valence-electron chi connectivity index (χ2n) is 4.34. The smallest absolute Gasteiger partial charge is 0.270 e. The number of nitrogens with two attached hydrogens (primary N) is 1. The molecule has 20 heavy (non-hydrogen) atoms. The van der Waals surface area contributed by atoms with E-state index in [-0.39, 0.29) is 11.3 Å². The van der Waals surface area contributed by atoms with Crippen LogP contribution >= 0.6 is 0 Å². The van der Waals surface area contributed by atoms with Gasteiger partial charge in [-0.15, -0.1) is 0 Å². The van der Waals surface area contributed by atoms with Gasteiger partial charge >= 0.3 is 0 Å². The Hall–Kier alpha value is -2.34. The maximum atomic E-state index is 11.9. The van der Waals surface area contributed by atoms with Crippen molar-refractivity contribution in [3.05, 3.63) is 52.4 Å². The molecule has 0 saturated carbocycles. The van der Waals surface area contributed by atoms with Gasteiger partial charge in [-0.3, -0.25) is 4.79 Å². The van der Waals surface area contributed by atoms with Crippen molar-refractivity contribution in [1.82, 2.24) is 9.78 Å². The largest absolute Gasteiger partial charge is 0.508 e. The molecule has 6 heteroatoms. The van der Waals surface area contributed by atoms with Crippen molar-refractivity contribution in [3.8, 4) is 11.5 Å². The van der Waals surface area contributed by atoms with Crippen molar-refractivity contribution in [2.45, 2.75) is 13.0 Å². The highest BCUT2D eigenvalue weighted by atomic mass is 16.5. The average Bonchev–Trinajstić information content (AvgIpc) is 2.44. The number of nitrogens with zero attached hydrogens (tertiary/aromatic N) is 2. The normalized spacial score (nSPS) is 10.4. The Balaban J connectivity index is 2.06. The molecule has 0 amide bonds. The summed E-state index contributed by atoms with van der Waals surface area (Å²) in [5.41, 5.74) is 6.01. The van der Waals surface area contributed by atoms with Crippen LogP contribution < -0.4 is 16.0 Å². The number of hydrogen-bond acceptors (Lipinski definition) is 5. The number of rotatable bonds is 6. The van der Waals surface area contributed by atoms with Gasteiger partial charge in [0.25, 0.3) is 5.56 Å². The van der Waals surface area contributed by atoms with E-state index in [1.807, 2.05) is 0 Å². The van der Waals surface area contributed by atoms with Crippen molar-refractivity contribution in [1.29, 1.82) is 0 Å². The molecule has 0 aliphatic heterocycles. The van der Waals surface area contributed by atoms with Gasteiger partial charge < -0.3 is 15.6 Å². The zero-order valence-electron chi connectivity index (χ0n) is 11.0. The van der Waals surface area contributed by atoms with E-state index < -0.39 is 0 Å². The second-order valence-corrected chi connectivity index (χ2v) is 4.34. The minimum absolute atomic E-state index is 0.192. The van der Waals surface area contributed by atoms with Crippen LogP contribution in [0.15, 0.2) is 41.3 Å². The third-order valence-electron chi connectivity index (χ3n) is 2.73. The first-order valence-electron chi connectivity index (χ1n) is 6.37. The fourth-order valence-corrected chi connectivity index (χ4v) is 1.66. The number of ether oxygens (including phenoxy) is 1. The predicted octanol–water partition coefficient (Wildman–Crippen LogP) is 0.725. The topological polar surface area (TPSA) is 90.4 Å². The van der Waals surface area contributed by atoms with Crippen molar-refractivity contribution in [2.24, 2.45) is 5.73 Å². The molecular formula is C14H17N3O3. The van der Waals surface area contributed by atoms with Gasteiger partial charge in [-0.2, -0.15) is 5.10 Å². The van der Waals surface area contributed by atoms with Gasteiger partial charge in [0.2, 0.25) is 0 Å². The molecule has 106 valence electrons. The Labute approximate surface area is 116 Å². The Morgan fingerprint density at radius 1 is 1.30 bits per heavy atom. The Kier molecular flexibility index (Phi) is 4.73. The highest BCUT2D eigenvalue weighted by Gasteiger charge is 2.02. The Morgan fingerprint density at radius 2 is 2.05 bits per heavy atom. The molecule has 6 nitrogen and oxygen atoms in total. The summed E-state index contributed by atoms with van der Waals surface area (Å²) >= 11 is 0. The third kappa shape index (κ3) is 3.83. The van der Waals surface area contributed by atoms with Crippen LogP contribution in [0.5, 0.6) is 11.5 Å². The molecule has 1 heterocycles. The van der Waals surface area contributed by atoms with Gasteiger partial charge in [0.05, 0.1) is 19.3 Å². The summed E-state index contributed by atoms with van der Waals surface area (Å²) in [7, 11) is 0. The van der Waals surface area contributed by atoms with Crippen molar-refractivity contribution >= 4 is 0 Å². The van der Waals surface area contributed by atoms with E-state index in [1.165, 1.54) is 16.9 Å². The summed E-state index contributed by atoms with van der Waals surface area (Å²) in [6, 6.07) is 8.05. The zero-order chi connectivity index (χ0) is 14.4. The van der Waals surface area contributed by atoms with E-state index in [4.69, 9.17) is 10.5 Å². The van der Waals surface area contributed by atoms with Crippen molar-refractivity contribution in [2.75, 3.05) is 13.2 Å². The first-order valence-corrected chi connectivity index (χ1v) is 6.37. The highest BCUT2D eigenvalue weighted by Crippen LogP contribution is 2.10. The lowest BCUT2D eigenvalue weighted by molar-refractivity contribution is 0.309. The molecule has 3 N–H and O–H groups in total. The number of benzene rings is 1.